The van der Waals surface area contributed by atoms with E-state index < -0.39 is 33.5 Å². The van der Waals surface area contributed by atoms with E-state index >= 15 is 0 Å². The molecule has 1 heterocycles. The molecule has 18 heavy (non-hydrogen) atoms. The lowest BCUT2D eigenvalue weighted by atomic mass is 10.1. The number of halogens is 2. The minimum atomic E-state index is -0.934. The molecule has 0 radical (unpaired) electrons. The molecule has 0 amide bonds. The van der Waals surface area contributed by atoms with Crippen molar-refractivity contribution in [2.75, 3.05) is 5.73 Å². The standard InChI is InChI=1S/C11H7F2N3O2/c12-6-2-1-3-7(13)10(6)11-8(16(17)18)4-5-9(14)15-11/h1-5H,(H2,14,15). The van der Waals surface area contributed by atoms with Crippen molar-refractivity contribution in [2.45, 2.75) is 0 Å². The summed E-state index contributed by atoms with van der Waals surface area (Å²) >= 11 is 0. The number of anilines is 1. The molecule has 5 nitrogen and oxygen atoms in total. The van der Waals surface area contributed by atoms with Crippen molar-refractivity contribution < 1.29 is 13.7 Å². The molecule has 2 aromatic rings. The van der Waals surface area contributed by atoms with E-state index in [9.17, 15) is 18.9 Å². The van der Waals surface area contributed by atoms with Gasteiger partial charge in [0, 0.05) is 6.07 Å². The Bertz CT molecular complexity index is 611. The van der Waals surface area contributed by atoms with Crippen LogP contribution in [0.2, 0.25) is 0 Å². The molecule has 0 aliphatic carbocycles. The SMILES string of the molecule is Nc1ccc([N+](=O)[O-])c(-c2c(F)cccc2F)n1. The summed E-state index contributed by atoms with van der Waals surface area (Å²) in [6.07, 6.45) is 0. The maximum Gasteiger partial charge on any atom is 0.295 e. The van der Waals surface area contributed by atoms with Gasteiger partial charge >= 0.3 is 0 Å². The van der Waals surface area contributed by atoms with Gasteiger partial charge in [0.1, 0.15) is 17.5 Å². The molecule has 0 atom stereocenters. The fraction of sp³-hybridized carbons (Fsp3) is 0. The van der Waals surface area contributed by atoms with E-state index in [0.29, 0.717) is 0 Å². The number of aromatic nitrogens is 1. The number of benzene rings is 1. The summed E-state index contributed by atoms with van der Waals surface area (Å²) in [5.74, 6) is -1.93. The van der Waals surface area contributed by atoms with Gasteiger partial charge in [0.05, 0.1) is 10.5 Å². The summed E-state index contributed by atoms with van der Waals surface area (Å²) < 4.78 is 27.1. The summed E-state index contributed by atoms with van der Waals surface area (Å²) in [6.45, 7) is 0. The van der Waals surface area contributed by atoms with Gasteiger partial charge < -0.3 is 5.73 Å². The van der Waals surface area contributed by atoms with Crippen molar-refractivity contribution in [3.8, 4) is 11.3 Å². The molecular weight excluding hydrogens is 244 g/mol. The molecule has 0 aliphatic rings. The normalized spacial score (nSPS) is 10.3. The minimum absolute atomic E-state index is 0.0572. The first-order chi connectivity index (χ1) is 8.50. The Morgan fingerprint density at radius 2 is 1.78 bits per heavy atom. The molecule has 7 heteroatoms. The smallest absolute Gasteiger partial charge is 0.295 e. The molecule has 2 N–H and O–H groups in total. The van der Waals surface area contributed by atoms with Gasteiger partial charge in [0.2, 0.25) is 0 Å². The van der Waals surface area contributed by atoms with Crippen molar-refractivity contribution in [2.24, 2.45) is 0 Å². The first kappa shape index (κ1) is 11.9. The van der Waals surface area contributed by atoms with Crippen molar-refractivity contribution in [1.29, 1.82) is 0 Å². The topological polar surface area (TPSA) is 82.0 Å². The average molecular weight is 251 g/mol. The fourth-order valence-electron chi connectivity index (χ4n) is 1.52. The predicted molar refractivity (Wildman–Crippen MR) is 60.7 cm³/mol. The van der Waals surface area contributed by atoms with E-state index in [2.05, 4.69) is 4.98 Å². The van der Waals surface area contributed by atoms with E-state index in [4.69, 9.17) is 5.73 Å². The van der Waals surface area contributed by atoms with Gasteiger partial charge in [-0.05, 0) is 18.2 Å². The quantitative estimate of drug-likeness (QED) is 0.656. The highest BCUT2D eigenvalue weighted by atomic mass is 19.1. The number of rotatable bonds is 2. The molecule has 1 aromatic carbocycles. The van der Waals surface area contributed by atoms with Gasteiger partial charge in [-0.3, -0.25) is 10.1 Å². The predicted octanol–water partition coefficient (Wildman–Crippen LogP) is 2.52. The second-order valence-electron chi connectivity index (χ2n) is 3.46. The number of pyridine rings is 1. The number of nitrogens with two attached hydrogens (primary N) is 1. The lowest BCUT2D eigenvalue weighted by Gasteiger charge is -2.05. The zero-order valence-electron chi connectivity index (χ0n) is 8.93. The molecule has 1 aromatic heterocycles. The van der Waals surface area contributed by atoms with Crippen LogP contribution < -0.4 is 5.73 Å². The lowest BCUT2D eigenvalue weighted by molar-refractivity contribution is -0.384. The molecule has 0 saturated heterocycles. The molecule has 92 valence electrons. The first-order valence-electron chi connectivity index (χ1n) is 4.86. The maximum absolute atomic E-state index is 13.6. The van der Waals surface area contributed by atoms with Gasteiger partial charge in [-0.2, -0.15) is 0 Å². The average Bonchev–Trinajstić information content (AvgIpc) is 2.28. The molecule has 0 saturated carbocycles. The third-order valence-electron chi connectivity index (χ3n) is 2.29. The molecule has 0 unspecified atom stereocenters. The van der Waals surface area contributed by atoms with E-state index in [1.165, 1.54) is 6.07 Å². The van der Waals surface area contributed by atoms with Crippen molar-refractivity contribution in [3.05, 3.63) is 52.1 Å². The summed E-state index contributed by atoms with van der Waals surface area (Å²) in [6, 6.07) is 5.40. The van der Waals surface area contributed by atoms with Crippen LogP contribution in [0.5, 0.6) is 0 Å². The van der Waals surface area contributed by atoms with Crippen LogP contribution in [-0.4, -0.2) is 9.91 Å². The molecule has 0 bridgehead atoms. The monoisotopic (exact) mass is 251 g/mol. The van der Waals surface area contributed by atoms with Gasteiger partial charge in [-0.25, -0.2) is 13.8 Å². The van der Waals surface area contributed by atoms with Gasteiger partial charge in [0.15, 0.2) is 5.69 Å². The first-order valence-corrected chi connectivity index (χ1v) is 4.86. The zero-order valence-corrected chi connectivity index (χ0v) is 8.93. The Hall–Kier alpha value is -2.57. The van der Waals surface area contributed by atoms with E-state index in [1.54, 1.807) is 0 Å². The number of hydrogen-bond acceptors (Lipinski definition) is 4. The Morgan fingerprint density at radius 1 is 1.17 bits per heavy atom. The number of hydrogen-bond donors (Lipinski definition) is 1. The van der Waals surface area contributed by atoms with Crippen LogP contribution in [-0.2, 0) is 0 Å². The summed E-state index contributed by atoms with van der Waals surface area (Å²) in [7, 11) is 0. The summed E-state index contributed by atoms with van der Waals surface area (Å²) in [4.78, 5) is 13.7. The van der Waals surface area contributed by atoms with Crippen LogP contribution in [0.25, 0.3) is 11.3 Å². The van der Waals surface area contributed by atoms with Crippen LogP contribution in [0.4, 0.5) is 20.3 Å². The van der Waals surface area contributed by atoms with E-state index in [-0.39, 0.29) is 5.82 Å². The third-order valence-corrected chi connectivity index (χ3v) is 2.29. The lowest BCUT2D eigenvalue weighted by Crippen LogP contribution is -2.01. The van der Waals surface area contributed by atoms with Gasteiger partial charge in [0.25, 0.3) is 5.69 Å². The molecule has 0 fully saturated rings. The third kappa shape index (κ3) is 1.97. The van der Waals surface area contributed by atoms with Crippen molar-refractivity contribution in [3.63, 3.8) is 0 Å². The van der Waals surface area contributed by atoms with Crippen LogP contribution >= 0.6 is 0 Å². The van der Waals surface area contributed by atoms with Crippen LogP contribution in [0.15, 0.2) is 30.3 Å². The van der Waals surface area contributed by atoms with Crippen LogP contribution in [0, 0.1) is 21.7 Å². The molecule has 0 aliphatic heterocycles. The largest absolute Gasteiger partial charge is 0.384 e. The van der Waals surface area contributed by atoms with E-state index in [1.807, 2.05) is 0 Å². The molecular formula is C11H7F2N3O2. The van der Waals surface area contributed by atoms with Gasteiger partial charge in [-0.15, -0.1) is 0 Å². The maximum atomic E-state index is 13.6. The van der Waals surface area contributed by atoms with Gasteiger partial charge in [-0.1, -0.05) is 6.07 Å². The highest BCUT2D eigenvalue weighted by Gasteiger charge is 2.23. The summed E-state index contributed by atoms with van der Waals surface area (Å²) in [5, 5.41) is 10.8. The Labute approximate surface area is 100 Å². The fourth-order valence-corrected chi connectivity index (χ4v) is 1.52. The van der Waals surface area contributed by atoms with Crippen LogP contribution in [0.1, 0.15) is 0 Å². The second-order valence-corrected chi connectivity index (χ2v) is 3.46. The Kier molecular flexibility index (Phi) is 2.88. The summed E-state index contributed by atoms with van der Waals surface area (Å²) in [5.41, 5.74) is 3.90. The minimum Gasteiger partial charge on any atom is -0.384 e. The number of nitro groups is 1. The molecule has 0 spiro atoms. The van der Waals surface area contributed by atoms with E-state index in [0.717, 1.165) is 24.3 Å². The second kappa shape index (κ2) is 4.36. The molecule has 2 rings (SSSR count). The van der Waals surface area contributed by atoms with Crippen molar-refractivity contribution in [1.82, 2.24) is 4.98 Å². The number of nitrogen functional groups attached to an aromatic ring is 1. The zero-order chi connectivity index (χ0) is 13.3. The highest BCUT2D eigenvalue weighted by molar-refractivity contribution is 5.72. The van der Waals surface area contributed by atoms with Crippen LogP contribution in [0.3, 0.4) is 0 Å². The Balaban J connectivity index is 2.77. The number of nitrogens with zero attached hydrogens (tertiary/aromatic N) is 2. The van der Waals surface area contributed by atoms with Crippen molar-refractivity contribution >= 4 is 11.5 Å². The Morgan fingerprint density at radius 3 is 2.33 bits per heavy atom. The highest BCUT2D eigenvalue weighted by Crippen LogP contribution is 2.32.